The molecule has 3 aromatic carbocycles. The molecule has 2 aliphatic heterocycles. The number of aldehydes is 2. The second kappa shape index (κ2) is 17.5. The summed E-state index contributed by atoms with van der Waals surface area (Å²) in [6.45, 7) is 5.85. The molecule has 0 bridgehead atoms. The Labute approximate surface area is 268 Å². The molecule has 0 spiro atoms. The normalized spacial score (nSPS) is 14.7. The van der Waals surface area contributed by atoms with Gasteiger partial charge < -0.3 is 40.1 Å². The Hall–Kier alpha value is -4.20. The summed E-state index contributed by atoms with van der Waals surface area (Å²) >= 11 is 0. The fraction of sp³-hybridized carbons (Fsp3) is 0.312. The molecular formula is C32H38B2FN3O8. The Balaban J connectivity index is 0.000000315. The van der Waals surface area contributed by atoms with Crippen molar-refractivity contribution in [2.45, 2.75) is 58.5 Å². The van der Waals surface area contributed by atoms with Crippen LogP contribution in [-0.2, 0) is 32.1 Å². The molecule has 0 radical (unpaired) electrons. The molecule has 3 unspecified atom stereocenters. The van der Waals surface area contributed by atoms with Crippen LogP contribution in [0.2, 0.25) is 0 Å². The second-order valence-electron chi connectivity index (χ2n) is 10.6. The maximum absolute atomic E-state index is 13.2. The predicted molar refractivity (Wildman–Crippen MR) is 172 cm³/mol. The van der Waals surface area contributed by atoms with Crippen molar-refractivity contribution in [2.75, 3.05) is 7.05 Å². The fourth-order valence-electron chi connectivity index (χ4n) is 5.02. The lowest BCUT2D eigenvalue weighted by molar-refractivity contribution is -0.124. The summed E-state index contributed by atoms with van der Waals surface area (Å²) in [5, 5.41) is 27.9. The Bertz CT molecular complexity index is 1510. The average Bonchev–Trinajstić information content (AvgIpc) is 3.62. The number of amides is 2. The molecule has 0 aromatic heterocycles. The molecule has 5 rings (SSSR count). The Morgan fingerprint density at radius 3 is 2.04 bits per heavy atom. The highest BCUT2D eigenvalue weighted by atomic mass is 19.1. The molecule has 14 heteroatoms. The summed E-state index contributed by atoms with van der Waals surface area (Å²) in [4.78, 5) is 44.8. The van der Waals surface area contributed by atoms with E-state index in [4.69, 9.17) is 14.1 Å². The van der Waals surface area contributed by atoms with Gasteiger partial charge in [-0.15, -0.1) is 0 Å². The van der Waals surface area contributed by atoms with Gasteiger partial charge in [0.15, 0.2) is 0 Å². The number of fused-ring (bicyclic) bond motifs is 2. The third-order valence-electron chi connectivity index (χ3n) is 7.49. The monoisotopic (exact) mass is 633 g/mol. The van der Waals surface area contributed by atoms with E-state index in [-0.39, 0.29) is 23.7 Å². The Morgan fingerprint density at radius 1 is 0.935 bits per heavy atom. The smallest absolute Gasteiger partial charge is 0.423 e. The van der Waals surface area contributed by atoms with Crippen LogP contribution in [0.1, 0.15) is 70.6 Å². The van der Waals surface area contributed by atoms with Crippen molar-refractivity contribution in [3.8, 4) is 0 Å². The number of nitrogens with one attached hydrogen (secondary N) is 3. The van der Waals surface area contributed by atoms with E-state index in [0.29, 0.717) is 41.7 Å². The number of carbonyl (C=O) groups excluding carboxylic acids is 4. The first-order valence-corrected chi connectivity index (χ1v) is 14.8. The van der Waals surface area contributed by atoms with Crippen LogP contribution < -0.4 is 26.9 Å². The summed E-state index contributed by atoms with van der Waals surface area (Å²) in [6, 6.07) is 14.7. The number of likely N-dealkylation sites (N-methyl/N-ethyl adjacent to an activating group) is 1. The van der Waals surface area contributed by atoms with Crippen molar-refractivity contribution < 1.29 is 42.9 Å². The zero-order valence-corrected chi connectivity index (χ0v) is 26.2. The van der Waals surface area contributed by atoms with Crippen molar-refractivity contribution in [1.82, 2.24) is 16.0 Å². The number of hydrogen-bond acceptors (Lipinski definition) is 9. The first kappa shape index (κ1) is 36.3. The van der Waals surface area contributed by atoms with Crippen molar-refractivity contribution in [2.24, 2.45) is 0 Å². The average molecular weight is 633 g/mol. The lowest BCUT2D eigenvalue weighted by Crippen LogP contribution is -2.55. The van der Waals surface area contributed by atoms with Gasteiger partial charge in [0.2, 0.25) is 5.91 Å². The van der Waals surface area contributed by atoms with E-state index >= 15 is 0 Å². The van der Waals surface area contributed by atoms with Crippen LogP contribution in [0.4, 0.5) is 4.39 Å². The SMILES string of the molecule is CC=O.CCC(NC(=O)C(NC)C(C)NC(=O)c1ccc2c(c1)B(O)OC2)c1ccc(F)cc1.O=Cc1ccc2c(c1)B(O)OC2. The van der Waals surface area contributed by atoms with Crippen LogP contribution in [0.25, 0.3) is 0 Å². The summed E-state index contributed by atoms with van der Waals surface area (Å²) in [6.07, 6.45) is 2.14. The van der Waals surface area contributed by atoms with Crippen LogP contribution in [0, 0.1) is 5.82 Å². The number of rotatable bonds is 9. The van der Waals surface area contributed by atoms with E-state index in [1.54, 1.807) is 62.5 Å². The van der Waals surface area contributed by atoms with Gasteiger partial charge in [0.05, 0.1) is 25.3 Å². The fourth-order valence-corrected chi connectivity index (χ4v) is 5.02. The van der Waals surface area contributed by atoms with Crippen molar-refractivity contribution in [1.29, 1.82) is 0 Å². The van der Waals surface area contributed by atoms with Gasteiger partial charge >= 0.3 is 14.2 Å². The number of benzene rings is 3. The second-order valence-corrected chi connectivity index (χ2v) is 10.6. The Kier molecular flexibility index (Phi) is 13.8. The molecule has 11 nitrogen and oxygen atoms in total. The largest absolute Gasteiger partial charge is 0.491 e. The van der Waals surface area contributed by atoms with Gasteiger partial charge in [-0.1, -0.05) is 43.3 Å². The van der Waals surface area contributed by atoms with E-state index in [0.717, 1.165) is 29.3 Å². The molecule has 46 heavy (non-hydrogen) atoms. The number of carbonyl (C=O) groups is 4. The molecule has 0 aliphatic carbocycles. The molecule has 5 N–H and O–H groups in total. The minimum Gasteiger partial charge on any atom is -0.423 e. The van der Waals surface area contributed by atoms with E-state index in [1.165, 1.54) is 19.1 Å². The minimum absolute atomic E-state index is 0.273. The molecule has 2 heterocycles. The topological polar surface area (TPSA) is 163 Å². The summed E-state index contributed by atoms with van der Waals surface area (Å²) in [7, 11) is -0.247. The zero-order chi connectivity index (χ0) is 33.8. The van der Waals surface area contributed by atoms with Gasteiger partial charge in [0, 0.05) is 11.1 Å². The first-order valence-electron chi connectivity index (χ1n) is 14.8. The third kappa shape index (κ3) is 9.41. The standard InChI is InChI=1S/C22H27BFN3O4.C8H7BO3.C2H4O/c1-4-19(14-7-9-17(24)10-8-14)27-22(29)20(25-3)13(2)26-21(28)15-5-6-16-12-31-23(30)18(16)11-15;10-4-6-1-2-7-5-12-9(11)8(7)3-6;1-2-3/h5-11,13,19-20,25,30H,4,12H2,1-3H3,(H,26,28)(H,27,29);1-4,11H,5H2;2H,1H3. The molecule has 0 saturated heterocycles. The quantitative estimate of drug-likeness (QED) is 0.171. The van der Waals surface area contributed by atoms with Gasteiger partial charge in [-0.3, -0.25) is 14.4 Å². The van der Waals surface area contributed by atoms with Crippen LogP contribution in [0.15, 0.2) is 60.7 Å². The van der Waals surface area contributed by atoms with E-state index in [1.807, 2.05) is 6.92 Å². The highest BCUT2D eigenvalue weighted by molar-refractivity contribution is 6.62. The molecular weight excluding hydrogens is 595 g/mol. The molecule has 0 saturated carbocycles. The molecule has 0 fully saturated rings. The lowest BCUT2D eigenvalue weighted by Gasteiger charge is -2.26. The predicted octanol–water partition coefficient (Wildman–Crippen LogP) is 0.939. The van der Waals surface area contributed by atoms with Crippen LogP contribution >= 0.6 is 0 Å². The van der Waals surface area contributed by atoms with E-state index in [2.05, 4.69) is 16.0 Å². The van der Waals surface area contributed by atoms with Gasteiger partial charge in [-0.2, -0.15) is 0 Å². The minimum atomic E-state index is -1.03. The molecule has 3 atom stereocenters. The molecule has 2 amide bonds. The lowest BCUT2D eigenvalue weighted by atomic mass is 9.78. The van der Waals surface area contributed by atoms with Gasteiger partial charge in [-0.25, -0.2) is 4.39 Å². The van der Waals surface area contributed by atoms with Crippen molar-refractivity contribution >= 4 is 49.5 Å². The zero-order valence-electron chi connectivity index (χ0n) is 26.2. The van der Waals surface area contributed by atoms with Gasteiger partial charge in [0.25, 0.3) is 5.91 Å². The summed E-state index contributed by atoms with van der Waals surface area (Å²) < 4.78 is 23.3. The molecule has 3 aromatic rings. The van der Waals surface area contributed by atoms with E-state index in [9.17, 15) is 28.8 Å². The highest BCUT2D eigenvalue weighted by Gasteiger charge is 2.30. The highest BCUT2D eigenvalue weighted by Crippen LogP contribution is 2.18. The van der Waals surface area contributed by atoms with Crippen LogP contribution in [0.5, 0.6) is 0 Å². The summed E-state index contributed by atoms with van der Waals surface area (Å²) in [5.74, 6) is -0.961. The van der Waals surface area contributed by atoms with Gasteiger partial charge in [-0.05, 0) is 79.2 Å². The maximum atomic E-state index is 13.2. The number of halogens is 1. The van der Waals surface area contributed by atoms with Crippen LogP contribution in [-0.4, -0.2) is 67.8 Å². The van der Waals surface area contributed by atoms with Crippen LogP contribution in [0.3, 0.4) is 0 Å². The van der Waals surface area contributed by atoms with Crippen molar-refractivity contribution in [3.63, 3.8) is 0 Å². The molecule has 2 aliphatic rings. The Morgan fingerprint density at radius 2 is 1.50 bits per heavy atom. The number of hydrogen-bond donors (Lipinski definition) is 5. The summed E-state index contributed by atoms with van der Waals surface area (Å²) in [5.41, 5.74) is 4.83. The first-order chi connectivity index (χ1) is 22.1. The molecule has 242 valence electrons. The third-order valence-corrected chi connectivity index (χ3v) is 7.49. The maximum Gasteiger partial charge on any atom is 0.491 e. The van der Waals surface area contributed by atoms with E-state index < -0.39 is 26.3 Å². The van der Waals surface area contributed by atoms with Crippen molar-refractivity contribution in [3.05, 3.63) is 94.3 Å². The van der Waals surface area contributed by atoms with Gasteiger partial charge in [0.1, 0.15) is 24.4 Å².